The molecule has 2 N–H and O–H groups in total. The zero-order chi connectivity index (χ0) is 0. The Hall–Kier alpha value is 3.74. The molecule has 4 heavy (non-hydrogen) atoms. The van der Waals surface area contributed by atoms with Gasteiger partial charge in [-0.15, -0.1) is 0 Å². The first-order valence-electron chi connectivity index (χ1n) is 0. The molecule has 0 unspecified atom stereocenters. The molecule has 0 aromatic rings. The standard InChI is InChI=1S/3Ca.H2O.6H/h;;;1H2;;;;;;. The van der Waals surface area contributed by atoms with Crippen molar-refractivity contribution in [2.75, 3.05) is 0 Å². The maximum absolute atomic E-state index is 0. The third-order valence-corrected chi connectivity index (χ3v) is 0. The molecule has 0 saturated carbocycles. The minimum atomic E-state index is 0. The maximum atomic E-state index is 0. The molecule has 0 aromatic carbocycles. The van der Waals surface area contributed by atoms with Crippen molar-refractivity contribution < 1.29 is 5.48 Å². The molecule has 0 bridgehead atoms. The van der Waals surface area contributed by atoms with E-state index in [1.54, 1.807) is 0 Å². The van der Waals surface area contributed by atoms with Gasteiger partial charge >= 0.3 is 113 Å². The fourth-order valence-electron chi connectivity index (χ4n) is 0. The summed E-state index contributed by atoms with van der Waals surface area (Å²) >= 11 is 0. The van der Waals surface area contributed by atoms with Gasteiger partial charge in [0.2, 0.25) is 0 Å². The molecule has 0 saturated heterocycles. The van der Waals surface area contributed by atoms with E-state index in [1.807, 2.05) is 0 Å². The van der Waals surface area contributed by atoms with Crippen LogP contribution in [0.1, 0.15) is 0 Å². The fraction of sp³-hybridized carbons (Fsp3) is 0. The second-order valence-electron chi connectivity index (χ2n) is 0. The van der Waals surface area contributed by atoms with Gasteiger partial charge in [-0.25, -0.2) is 0 Å². The molecule has 0 rings (SSSR count). The second-order valence-corrected chi connectivity index (χ2v) is 0. The molecular formula is H8Ca3O. The van der Waals surface area contributed by atoms with E-state index < -0.39 is 0 Å². The summed E-state index contributed by atoms with van der Waals surface area (Å²) in [6, 6.07) is 0. The quantitative estimate of drug-likeness (QED) is 0.315. The number of hydrogen-bond donors (Lipinski definition) is 0. The molecular weight excluding hydrogens is 136 g/mol. The van der Waals surface area contributed by atoms with E-state index in [9.17, 15) is 0 Å². The van der Waals surface area contributed by atoms with Crippen molar-refractivity contribution in [3.63, 3.8) is 0 Å². The Morgan fingerprint density at radius 2 is 0.500 bits per heavy atom. The normalized spacial score (nSPS) is 0. The van der Waals surface area contributed by atoms with Crippen LogP contribution < -0.4 is 0 Å². The summed E-state index contributed by atoms with van der Waals surface area (Å²) in [4.78, 5) is 0. The van der Waals surface area contributed by atoms with Crippen LogP contribution in [0, 0.1) is 0 Å². The van der Waals surface area contributed by atoms with Gasteiger partial charge in [0.25, 0.3) is 0 Å². The SMILES string of the molecule is O.[CaH2].[CaH2].[CaH2]. The Bertz CT molecular complexity index is 3.25. The Morgan fingerprint density at radius 3 is 0.500 bits per heavy atom. The molecule has 0 aromatic heterocycles. The third kappa shape index (κ3) is 9.22. The average Bonchev–Trinajstić information content (AvgIpc) is 0. The van der Waals surface area contributed by atoms with E-state index in [1.165, 1.54) is 0 Å². The first kappa shape index (κ1) is 25.1. The molecule has 4 heteroatoms. The van der Waals surface area contributed by atoms with Gasteiger partial charge in [0, 0.05) is 0 Å². The van der Waals surface area contributed by atoms with Crippen molar-refractivity contribution in [2.24, 2.45) is 0 Å². The van der Waals surface area contributed by atoms with E-state index >= 15 is 0 Å². The molecule has 0 aliphatic rings. The summed E-state index contributed by atoms with van der Waals surface area (Å²) in [6.07, 6.45) is 0. The first-order valence-corrected chi connectivity index (χ1v) is 0. The van der Waals surface area contributed by atoms with Gasteiger partial charge < -0.3 is 5.48 Å². The predicted octanol–water partition coefficient (Wildman–Crippen LogP) is -3.57. The fourth-order valence-corrected chi connectivity index (χ4v) is 0. The summed E-state index contributed by atoms with van der Waals surface area (Å²) in [5.74, 6) is 0. The molecule has 0 aliphatic heterocycles. The van der Waals surface area contributed by atoms with Gasteiger partial charge in [0.05, 0.1) is 0 Å². The van der Waals surface area contributed by atoms with Crippen LogP contribution in [-0.2, 0) is 0 Å². The van der Waals surface area contributed by atoms with Crippen LogP contribution in [0.2, 0.25) is 0 Å². The summed E-state index contributed by atoms with van der Waals surface area (Å²) in [5.41, 5.74) is 0. The topological polar surface area (TPSA) is 31.5 Å². The van der Waals surface area contributed by atoms with Crippen LogP contribution in [0.5, 0.6) is 0 Å². The van der Waals surface area contributed by atoms with Crippen molar-refractivity contribution in [1.29, 1.82) is 0 Å². The molecule has 0 amide bonds. The monoisotopic (exact) mass is 144 g/mol. The van der Waals surface area contributed by atoms with E-state index in [0.717, 1.165) is 0 Å². The van der Waals surface area contributed by atoms with E-state index in [-0.39, 0.29) is 119 Å². The molecule has 0 spiro atoms. The van der Waals surface area contributed by atoms with E-state index in [2.05, 4.69) is 0 Å². The summed E-state index contributed by atoms with van der Waals surface area (Å²) in [7, 11) is 0. The van der Waals surface area contributed by atoms with Crippen LogP contribution in [-0.4, -0.2) is 119 Å². The van der Waals surface area contributed by atoms with Crippen molar-refractivity contribution >= 4 is 113 Å². The summed E-state index contributed by atoms with van der Waals surface area (Å²) < 4.78 is 0. The van der Waals surface area contributed by atoms with Crippen molar-refractivity contribution in [3.05, 3.63) is 0 Å². The summed E-state index contributed by atoms with van der Waals surface area (Å²) in [5, 5.41) is 0. The van der Waals surface area contributed by atoms with Crippen LogP contribution >= 0.6 is 0 Å². The Morgan fingerprint density at radius 1 is 0.500 bits per heavy atom. The Balaban J connectivity index is 0. The zero-order valence-electron chi connectivity index (χ0n) is 0.500. The Labute approximate surface area is 115 Å². The van der Waals surface area contributed by atoms with Crippen LogP contribution in [0.15, 0.2) is 0 Å². The van der Waals surface area contributed by atoms with E-state index in [0.29, 0.717) is 0 Å². The Kier molecular flexibility index (Phi) is 99.8. The number of hydrogen-bond acceptors (Lipinski definition) is 0. The third-order valence-electron chi connectivity index (χ3n) is 0. The van der Waals surface area contributed by atoms with Crippen LogP contribution in [0.3, 0.4) is 0 Å². The van der Waals surface area contributed by atoms with Crippen molar-refractivity contribution in [1.82, 2.24) is 0 Å². The molecule has 0 fully saturated rings. The first-order chi connectivity index (χ1) is 0. The molecule has 0 aliphatic carbocycles. The van der Waals surface area contributed by atoms with Crippen molar-refractivity contribution in [2.45, 2.75) is 0 Å². The average molecular weight is 144 g/mol. The van der Waals surface area contributed by atoms with Gasteiger partial charge in [-0.05, 0) is 0 Å². The van der Waals surface area contributed by atoms with Gasteiger partial charge in [-0.1, -0.05) is 0 Å². The number of rotatable bonds is 0. The predicted molar refractivity (Wildman–Crippen MR) is 29.2 cm³/mol. The van der Waals surface area contributed by atoms with Crippen LogP contribution in [0.4, 0.5) is 0 Å². The van der Waals surface area contributed by atoms with Crippen LogP contribution in [0.25, 0.3) is 0 Å². The molecule has 0 radical (unpaired) electrons. The molecule has 0 heterocycles. The van der Waals surface area contributed by atoms with Gasteiger partial charge in [0.15, 0.2) is 0 Å². The minimum absolute atomic E-state index is 0. The van der Waals surface area contributed by atoms with E-state index in [4.69, 9.17) is 0 Å². The van der Waals surface area contributed by atoms with Gasteiger partial charge in [-0.3, -0.25) is 0 Å². The van der Waals surface area contributed by atoms with Crippen molar-refractivity contribution in [3.8, 4) is 0 Å². The molecule has 20 valence electrons. The molecule has 1 nitrogen and oxygen atoms in total. The summed E-state index contributed by atoms with van der Waals surface area (Å²) in [6.45, 7) is 0. The molecule has 0 atom stereocenters. The van der Waals surface area contributed by atoms with Gasteiger partial charge in [0.1, 0.15) is 0 Å². The second kappa shape index (κ2) is 15.9. The van der Waals surface area contributed by atoms with Gasteiger partial charge in [-0.2, -0.15) is 0 Å². The zero-order valence-corrected chi connectivity index (χ0v) is 0.500.